The number of rotatable bonds is 5. The van der Waals surface area contributed by atoms with Gasteiger partial charge in [-0.2, -0.15) is 5.10 Å². The molecule has 0 saturated carbocycles. The maximum atomic E-state index is 12.0. The number of carbonyl (C=O) groups is 1. The topological polar surface area (TPSA) is 55.6 Å². The van der Waals surface area contributed by atoms with Crippen molar-refractivity contribution in [2.75, 3.05) is 7.11 Å². The van der Waals surface area contributed by atoms with Gasteiger partial charge in [0.2, 0.25) is 0 Å². The van der Waals surface area contributed by atoms with E-state index >= 15 is 0 Å². The third kappa shape index (κ3) is 3.58. The molecule has 0 aliphatic rings. The summed E-state index contributed by atoms with van der Waals surface area (Å²) < 4.78 is 6.99. The molecular weight excluding hydrogens is 290 g/mol. The van der Waals surface area contributed by atoms with E-state index in [1.165, 1.54) is 0 Å². The predicted octanol–water partition coefficient (Wildman–Crippen LogP) is 2.80. The highest BCUT2D eigenvalue weighted by Crippen LogP contribution is 2.14. The van der Waals surface area contributed by atoms with Crippen LogP contribution in [0.3, 0.4) is 0 Å². The number of ether oxygens (including phenoxy) is 1. The Hall–Kier alpha value is -3.08. The van der Waals surface area contributed by atoms with Crippen molar-refractivity contribution in [1.82, 2.24) is 9.99 Å². The van der Waals surface area contributed by atoms with E-state index in [1.54, 1.807) is 13.3 Å². The molecule has 0 saturated heterocycles. The van der Waals surface area contributed by atoms with E-state index in [1.807, 2.05) is 65.4 Å². The summed E-state index contributed by atoms with van der Waals surface area (Å²) in [6.07, 6.45) is 3.50. The monoisotopic (exact) mass is 307 g/mol. The maximum absolute atomic E-state index is 12.0. The average molecular weight is 307 g/mol. The lowest BCUT2D eigenvalue weighted by Gasteiger charge is -2.04. The fourth-order valence-corrected chi connectivity index (χ4v) is 2.34. The molecule has 0 bridgehead atoms. The number of aromatic nitrogens is 1. The molecule has 3 rings (SSSR count). The molecule has 0 aliphatic heterocycles. The van der Waals surface area contributed by atoms with Crippen molar-refractivity contribution in [3.8, 4) is 5.75 Å². The second-order valence-corrected chi connectivity index (χ2v) is 5.07. The third-order valence-corrected chi connectivity index (χ3v) is 3.51. The Morgan fingerprint density at radius 1 is 1.17 bits per heavy atom. The number of para-hydroxylation sites is 1. The first-order valence-electron chi connectivity index (χ1n) is 7.26. The van der Waals surface area contributed by atoms with E-state index in [0.717, 1.165) is 22.2 Å². The normalized spacial score (nSPS) is 11.0. The smallest absolute Gasteiger partial charge is 0.259 e. The van der Waals surface area contributed by atoms with Crippen LogP contribution in [-0.4, -0.2) is 23.8 Å². The largest absolute Gasteiger partial charge is 0.497 e. The highest BCUT2D eigenvalue weighted by molar-refractivity contribution is 5.84. The minimum absolute atomic E-state index is 0.170. The Labute approximate surface area is 134 Å². The molecule has 1 heterocycles. The van der Waals surface area contributed by atoms with E-state index < -0.39 is 0 Å². The molecule has 1 aromatic heterocycles. The molecule has 0 atom stereocenters. The zero-order chi connectivity index (χ0) is 16.1. The Morgan fingerprint density at radius 2 is 1.96 bits per heavy atom. The number of benzene rings is 2. The van der Waals surface area contributed by atoms with Gasteiger partial charge in [0.15, 0.2) is 0 Å². The summed E-state index contributed by atoms with van der Waals surface area (Å²) in [5.41, 5.74) is 4.46. The molecule has 116 valence electrons. The number of carbonyl (C=O) groups excluding carboxylic acids is 1. The summed E-state index contributed by atoms with van der Waals surface area (Å²) in [7, 11) is 1.62. The molecule has 5 heteroatoms. The van der Waals surface area contributed by atoms with Gasteiger partial charge in [0, 0.05) is 11.7 Å². The van der Waals surface area contributed by atoms with Crippen LogP contribution in [0, 0.1) is 0 Å². The molecule has 0 radical (unpaired) electrons. The van der Waals surface area contributed by atoms with Gasteiger partial charge in [-0.05, 0) is 47.3 Å². The number of hydrazone groups is 1. The van der Waals surface area contributed by atoms with E-state index in [9.17, 15) is 4.79 Å². The number of amides is 1. The van der Waals surface area contributed by atoms with E-state index in [4.69, 9.17) is 4.74 Å². The first-order chi connectivity index (χ1) is 11.3. The van der Waals surface area contributed by atoms with E-state index in [2.05, 4.69) is 10.5 Å². The van der Waals surface area contributed by atoms with Crippen LogP contribution in [0.4, 0.5) is 0 Å². The van der Waals surface area contributed by atoms with Crippen molar-refractivity contribution in [3.63, 3.8) is 0 Å². The second kappa shape index (κ2) is 6.79. The number of hydrogen-bond acceptors (Lipinski definition) is 3. The molecule has 3 aromatic rings. The molecule has 0 spiro atoms. The minimum Gasteiger partial charge on any atom is -0.497 e. The summed E-state index contributed by atoms with van der Waals surface area (Å²) >= 11 is 0. The standard InChI is InChI=1S/C18H17N3O2/c1-23-16-8-6-14(7-9-16)12-19-20-18(22)13-21-11-10-15-4-2-3-5-17(15)21/h2-12H,13H2,1H3,(H,20,22)/b19-12+. The first-order valence-corrected chi connectivity index (χ1v) is 7.26. The van der Waals surface area contributed by atoms with E-state index in [0.29, 0.717) is 0 Å². The van der Waals surface area contributed by atoms with Crippen LogP contribution in [0.5, 0.6) is 5.75 Å². The van der Waals surface area contributed by atoms with Gasteiger partial charge in [-0.1, -0.05) is 18.2 Å². The van der Waals surface area contributed by atoms with Crippen LogP contribution in [0.15, 0.2) is 65.9 Å². The molecule has 0 unspecified atom stereocenters. The van der Waals surface area contributed by atoms with Gasteiger partial charge in [0.05, 0.1) is 13.3 Å². The van der Waals surface area contributed by atoms with Crippen LogP contribution in [0.2, 0.25) is 0 Å². The number of methoxy groups -OCH3 is 1. The Kier molecular flexibility index (Phi) is 4.38. The first kappa shape index (κ1) is 14.8. The number of fused-ring (bicyclic) bond motifs is 1. The van der Waals surface area contributed by atoms with Crippen molar-refractivity contribution in [3.05, 3.63) is 66.4 Å². The van der Waals surface area contributed by atoms with Gasteiger partial charge >= 0.3 is 0 Å². The predicted molar refractivity (Wildman–Crippen MR) is 90.7 cm³/mol. The Balaban J connectivity index is 1.59. The molecule has 2 aromatic carbocycles. The fourth-order valence-electron chi connectivity index (χ4n) is 2.34. The van der Waals surface area contributed by atoms with Gasteiger partial charge in [0.1, 0.15) is 12.3 Å². The van der Waals surface area contributed by atoms with Crippen LogP contribution < -0.4 is 10.2 Å². The van der Waals surface area contributed by atoms with Crippen molar-refractivity contribution in [1.29, 1.82) is 0 Å². The van der Waals surface area contributed by atoms with Gasteiger partial charge in [0.25, 0.3) is 5.91 Å². The lowest BCUT2D eigenvalue weighted by Crippen LogP contribution is -2.22. The van der Waals surface area contributed by atoms with Gasteiger partial charge < -0.3 is 9.30 Å². The molecule has 0 fully saturated rings. The summed E-state index contributed by atoms with van der Waals surface area (Å²) in [5, 5.41) is 5.09. The van der Waals surface area contributed by atoms with Gasteiger partial charge in [-0.25, -0.2) is 5.43 Å². The zero-order valence-corrected chi connectivity index (χ0v) is 12.8. The van der Waals surface area contributed by atoms with Crippen molar-refractivity contribution < 1.29 is 9.53 Å². The summed E-state index contributed by atoms with van der Waals surface area (Å²) in [4.78, 5) is 12.0. The second-order valence-electron chi connectivity index (χ2n) is 5.07. The molecule has 5 nitrogen and oxygen atoms in total. The van der Waals surface area contributed by atoms with E-state index in [-0.39, 0.29) is 12.5 Å². The minimum atomic E-state index is -0.170. The summed E-state index contributed by atoms with van der Waals surface area (Å²) in [5.74, 6) is 0.613. The van der Waals surface area contributed by atoms with Crippen molar-refractivity contribution >= 4 is 23.0 Å². The number of nitrogens with one attached hydrogen (secondary N) is 1. The average Bonchev–Trinajstić information content (AvgIpc) is 2.99. The summed E-state index contributed by atoms with van der Waals surface area (Å²) in [6, 6.07) is 17.4. The Bertz CT molecular complexity index is 835. The van der Waals surface area contributed by atoms with Crippen molar-refractivity contribution in [2.24, 2.45) is 5.10 Å². The SMILES string of the molecule is COc1ccc(/C=N/NC(=O)Cn2ccc3ccccc32)cc1. The fraction of sp³-hybridized carbons (Fsp3) is 0.111. The van der Waals surface area contributed by atoms with Crippen LogP contribution in [-0.2, 0) is 11.3 Å². The Morgan fingerprint density at radius 3 is 2.74 bits per heavy atom. The molecule has 23 heavy (non-hydrogen) atoms. The third-order valence-electron chi connectivity index (χ3n) is 3.51. The molecular formula is C18H17N3O2. The van der Waals surface area contributed by atoms with Gasteiger partial charge in [-0.3, -0.25) is 4.79 Å². The lowest BCUT2D eigenvalue weighted by atomic mass is 10.2. The maximum Gasteiger partial charge on any atom is 0.259 e. The highest BCUT2D eigenvalue weighted by Gasteiger charge is 2.04. The van der Waals surface area contributed by atoms with Crippen LogP contribution in [0.25, 0.3) is 10.9 Å². The van der Waals surface area contributed by atoms with Crippen LogP contribution in [0.1, 0.15) is 5.56 Å². The molecule has 0 aliphatic carbocycles. The number of hydrogen-bond donors (Lipinski definition) is 1. The summed E-state index contributed by atoms with van der Waals surface area (Å²) in [6.45, 7) is 0.230. The molecule has 1 amide bonds. The quantitative estimate of drug-likeness (QED) is 0.582. The highest BCUT2D eigenvalue weighted by atomic mass is 16.5. The molecule has 1 N–H and O–H groups in total. The van der Waals surface area contributed by atoms with Gasteiger partial charge in [-0.15, -0.1) is 0 Å². The zero-order valence-electron chi connectivity index (χ0n) is 12.8. The number of nitrogens with zero attached hydrogens (tertiary/aromatic N) is 2. The van der Waals surface area contributed by atoms with Crippen molar-refractivity contribution in [2.45, 2.75) is 6.54 Å². The van der Waals surface area contributed by atoms with Crippen LogP contribution >= 0.6 is 0 Å². The lowest BCUT2D eigenvalue weighted by molar-refractivity contribution is -0.121.